The van der Waals surface area contributed by atoms with Crippen molar-refractivity contribution in [3.8, 4) is 0 Å². The fraction of sp³-hybridized carbons (Fsp3) is 0.250. The van der Waals surface area contributed by atoms with Gasteiger partial charge in [0.15, 0.2) is 5.69 Å². The Balaban J connectivity index is 3.19. The molecule has 84 valence electrons. The molecular weight excluding hydrogens is 198 g/mol. The van der Waals surface area contributed by atoms with Crippen LogP contribution in [-0.2, 0) is 4.84 Å². The first-order valence-electron chi connectivity index (χ1n) is 4.39. The molecule has 15 heavy (non-hydrogen) atoms. The van der Waals surface area contributed by atoms with E-state index in [-0.39, 0.29) is 35.0 Å². The number of hydrogen-bond donors (Lipinski definition) is 5. The zero-order valence-electron chi connectivity index (χ0n) is 8.41. The summed E-state index contributed by atoms with van der Waals surface area (Å²) in [6, 6.07) is 1.36. The number of rotatable bonds is 3. The maximum Gasteiger partial charge on any atom is 0.191 e. The summed E-state index contributed by atoms with van der Waals surface area (Å²) in [6.45, 7) is 1.95. The van der Waals surface area contributed by atoms with Crippen LogP contribution in [0.25, 0.3) is 0 Å². The van der Waals surface area contributed by atoms with Gasteiger partial charge in [0.1, 0.15) is 12.3 Å². The third kappa shape index (κ3) is 2.04. The van der Waals surface area contributed by atoms with Gasteiger partial charge in [-0.2, -0.15) is 10.1 Å². The van der Waals surface area contributed by atoms with Crippen molar-refractivity contribution in [2.45, 2.75) is 6.92 Å². The van der Waals surface area contributed by atoms with Gasteiger partial charge >= 0.3 is 0 Å². The average molecular weight is 213 g/mol. The Labute approximate surface area is 87.1 Å². The fourth-order valence-electron chi connectivity index (χ4n) is 1.13. The SMILES string of the molecule is CCO[NH+]([O-])c1cc(N)c(N)c(N)c1N. The van der Waals surface area contributed by atoms with E-state index in [1.165, 1.54) is 6.07 Å². The second kappa shape index (κ2) is 4.22. The van der Waals surface area contributed by atoms with Crippen molar-refractivity contribution in [3.05, 3.63) is 11.3 Å². The monoisotopic (exact) mass is 213 g/mol. The highest BCUT2D eigenvalue weighted by atomic mass is 16.9. The highest BCUT2D eigenvalue weighted by Crippen LogP contribution is 2.33. The number of nitrogens with two attached hydrogens (primary N) is 4. The fourth-order valence-corrected chi connectivity index (χ4v) is 1.13. The first-order valence-corrected chi connectivity index (χ1v) is 4.39. The molecule has 0 aliphatic carbocycles. The lowest BCUT2D eigenvalue weighted by Crippen LogP contribution is -3.01. The van der Waals surface area contributed by atoms with Gasteiger partial charge in [0.05, 0.1) is 17.1 Å². The van der Waals surface area contributed by atoms with Crippen LogP contribution in [0.15, 0.2) is 6.07 Å². The smallest absolute Gasteiger partial charge is 0.191 e. The molecule has 0 heterocycles. The van der Waals surface area contributed by atoms with E-state index in [4.69, 9.17) is 27.8 Å². The van der Waals surface area contributed by atoms with Gasteiger partial charge < -0.3 is 28.1 Å². The van der Waals surface area contributed by atoms with Crippen LogP contribution < -0.4 is 28.2 Å². The molecule has 0 amide bonds. The van der Waals surface area contributed by atoms with Crippen molar-refractivity contribution in [1.29, 1.82) is 0 Å². The van der Waals surface area contributed by atoms with E-state index >= 15 is 0 Å². The van der Waals surface area contributed by atoms with Crippen LogP contribution >= 0.6 is 0 Å². The Kier molecular flexibility index (Phi) is 3.20. The lowest BCUT2D eigenvalue weighted by molar-refractivity contribution is -0.996. The molecule has 1 aromatic carbocycles. The quantitative estimate of drug-likeness (QED) is 0.321. The lowest BCUT2D eigenvalue weighted by atomic mass is 10.2. The number of nitrogen functional groups attached to an aromatic ring is 4. The second-order valence-electron chi connectivity index (χ2n) is 2.97. The van der Waals surface area contributed by atoms with Gasteiger partial charge in [0.25, 0.3) is 0 Å². The molecule has 0 aliphatic heterocycles. The van der Waals surface area contributed by atoms with E-state index in [2.05, 4.69) is 0 Å². The van der Waals surface area contributed by atoms with Crippen LogP contribution in [0, 0.1) is 5.21 Å². The van der Waals surface area contributed by atoms with E-state index in [9.17, 15) is 5.21 Å². The number of anilines is 4. The predicted molar refractivity (Wildman–Crippen MR) is 59.7 cm³/mol. The Hall–Kier alpha value is -1.70. The number of nitrogens with one attached hydrogen (secondary N) is 1. The summed E-state index contributed by atoms with van der Waals surface area (Å²) < 4.78 is 0. The normalized spacial score (nSPS) is 12.7. The van der Waals surface area contributed by atoms with Crippen LogP contribution in [0.1, 0.15) is 6.92 Å². The molecule has 1 unspecified atom stereocenters. The molecule has 1 atom stereocenters. The summed E-state index contributed by atoms with van der Waals surface area (Å²) >= 11 is 0. The molecule has 0 saturated heterocycles. The van der Waals surface area contributed by atoms with E-state index in [1.54, 1.807) is 6.92 Å². The van der Waals surface area contributed by atoms with Crippen molar-refractivity contribution >= 4 is 28.4 Å². The van der Waals surface area contributed by atoms with E-state index in [0.29, 0.717) is 0 Å². The van der Waals surface area contributed by atoms with Gasteiger partial charge in [-0.25, -0.2) is 0 Å². The van der Waals surface area contributed by atoms with Gasteiger partial charge in [-0.3, -0.25) is 0 Å². The predicted octanol–water partition coefficient (Wildman–Crippen LogP) is -1.02. The number of hydrogen-bond acceptors (Lipinski definition) is 6. The van der Waals surface area contributed by atoms with Gasteiger partial charge in [-0.1, -0.05) is 0 Å². The molecule has 0 radical (unpaired) electrons. The minimum Gasteiger partial charge on any atom is -0.595 e. The van der Waals surface area contributed by atoms with Crippen molar-refractivity contribution in [2.75, 3.05) is 29.5 Å². The summed E-state index contributed by atoms with van der Waals surface area (Å²) in [4.78, 5) is 4.79. The molecule has 9 N–H and O–H groups in total. The molecule has 7 nitrogen and oxygen atoms in total. The Morgan fingerprint density at radius 3 is 2.33 bits per heavy atom. The third-order valence-electron chi connectivity index (χ3n) is 1.98. The first-order chi connectivity index (χ1) is 6.99. The molecule has 0 spiro atoms. The van der Waals surface area contributed by atoms with Crippen LogP contribution in [-0.4, -0.2) is 6.61 Å². The molecule has 7 heteroatoms. The highest BCUT2D eigenvalue weighted by Gasteiger charge is 2.16. The Bertz CT molecular complexity index is 369. The zero-order valence-corrected chi connectivity index (χ0v) is 8.41. The largest absolute Gasteiger partial charge is 0.595 e. The van der Waals surface area contributed by atoms with Crippen molar-refractivity contribution in [2.24, 2.45) is 0 Å². The second-order valence-corrected chi connectivity index (χ2v) is 2.97. The number of benzene rings is 1. The minimum absolute atomic E-state index is 0.0974. The Morgan fingerprint density at radius 2 is 1.80 bits per heavy atom. The summed E-state index contributed by atoms with van der Waals surface area (Å²) in [7, 11) is 0. The third-order valence-corrected chi connectivity index (χ3v) is 1.98. The summed E-state index contributed by atoms with van der Waals surface area (Å²) in [6.07, 6.45) is 0. The van der Waals surface area contributed by atoms with E-state index < -0.39 is 5.23 Å². The first kappa shape index (κ1) is 11.4. The molecule has 0 aliphatic rings. The van der Waals surface area contributed by atoms with Crippen molar-refractivity contribution in [3.63, 3.8) is 0 Å². The van der Waals surface area contributed by atoms with E-state index in [0.717, 1.165) is 0 Å². The van der Waals surface area contributed by atoms with Gasteiger partial charge in [-0.05, 0) is 6.92 Å². The molecule has 0 bridgehead atoms. The molecule has 1 rings (SSSR count). The molecule has 1 aromatic rings. The average Bonchev–Trinajstić information content (AvgIpc) is 2.20. The van der Waals surface area contributed by atoms with Gasteiger partial charge in [0.2, 0.25) is 0 Å². The van der Waals surface area contributed by atoms with Crippen LogP contribution in [0.4, 0.5) is 28.4 Å². The Morgan fingerprint density at radius 1 is 1.20 bits per heavy atom. The summed E-state index contributed by atoms with van der Waals surface area (Å²) in [5.41, 5.74) is 23.0. The standard InChI is InChI=1S/C8H15N5O2/c1-2-15-13(14)5-3-4(9)6(10)8(12)7(5)11/h3,13H,2,9-12H2,1H3. The summed E-state index contributed by atoms with van der Waals surface area (Å²) in [5.74, 6) is 0. The molecular formula is C8H15N5O2. The lowest BCUT2D eigenvalue weighted by Gasteiger charge is -2.21. The minimum atomic E-state index is -0.562. The highest BCUT2D eigenvalue weighted by molar-refractivity contribution is 5.91. The molecule has 0 fully saturated rings. The van der Waals surface area contributed by atoms with Crippen LogP contribution in [0.5, 0.6) is 0 Å². The van der Waals surface area contributed by atoms with Crippen LogP contribution in [0.3, 0.4) is 0 Å². The maximum atomic E-state index is 11.4. The van der Waals surface area contributed by atoms with Crippen LogP contribution in [0.2, 0.25) is 0 Å². The van der Waals surface area contributed by atoms with Crippen molar-refractivity contribution in [1.82, 2.24) is 0 Å². The molecule has 0 saturated carbocycles. The van der Waals surface area contributed by atoms with Gasteiger partial charge in [0, 0.05) is 6.07 Å². The molecule has 0 aromatic heterocycles. The topological polar surface area (TPSA) is 141 Å². The van der Waals surface area contributed by atoms with E-state index in [1.807, 2.05) is 0 Å². The maximum absolute atomic E-state index is 11.4. The van der Waals surface area contributed by atoms with Gasteiger partial charge in [-0.15, -0.1) is 0 Å². The number of quaternary nitrogens is 1. The van der Waals surface area contributed by atoms with Crippen molar-refractivity contribution < 1.29 is 10.1 Å². The summed E-state index contributed by atoms with van der Waals surface area (Å²) in [5, 5.41) is 10.9. The zero-order chi connectivity index (χ0) is 11.6.